The molecule has 2 aromatic rings. The SMILES string of the molecule is COc1cc(NS(=O)(=O)c2c(C)cc(N3C(=O)CCS3(=O)=O)cc2C)cc(OC)c1OC. The minimum atomic E-state index is -4.08. The summed E-state index contributed by atoms with van der Waals surface area (Å²) in [7, 11) is -3.58. The van der Waals surface area contributed by atoms with Gasteiger partial charge in [-0.05, 0) is 37.1 Å². The van der Waals surface area contributed by atoms with Crippen LogP contribution in [0.15, 0.2) is 29.2 Å². The van der Waals surface area contributed by atoms with Crippen molar-refractivity contribution in [2.24, 2.45) is 0 Å². The quantitative estimate of drug-likeness (QED) is 0.633. The number of amides is 1. The molecule has 0 atom stereocenters. The van der Waals surface area contributed by atoms with E-state index in [1.54, 1.807) is 0 Å². The zero-order valence-corrected chi connectivity index (χ0v) is 19.9. The Balaban J connectivity index is 2.04. The lowest BCUT2D eigenvalue weighted by Crippen LogP contribution is -2.29. The predicted molar refractivity (Wildman–Crippen MR) is 119 cm³/mol. The lowest BCUT2D eigenvalue weighted by Gasteiger charge is -2.20. The zero-order chi connectivity index (χ0) is 23.8. The van der Waals surface area contributed by atoms with Gasteiger partial charge in [0.05, 0.1) is 43.4 Å². The second kappa shape index (κ2) is 8.51. The van der Waals surface area contributed by atoms with Gasteiger partial charge in [-0.1, -0.05) is 0 Å². The van der Waals surface area contributed by atoms with E-state index >= 15 is 0 Å². The number of nitrogens with zero attached hydrogens (tertiary/aromatic N) is 1. The highest BCUT2D eigenvalue weighted by Crippen LogP contribution is 2.41. The molecule has 0 radical (unpaired) electrons. The number of rotatable bonds is 7. The average molecular weight is 485 g/mol. The van der Waals surface area contributed by atoms with Crippen LogP contribution >= 0.6 is 0 Å². The summed E-state index contributed by atoms with van der Waals surface area (Å²) in [6, 6.07) is 5.65. The standard InChI is InChI=1S/C20H24N2O8S2/c1-12-8-15(22-18(23)6-7-31(22,24)25)9-13(2)20(12)32(26,27)21-14-10-16(28-3)19(30-5)17(11-14)29-4/h8-11,21H,6-7H2,1-5H3. The number of sulfonamides is 2. The van der Waals surface area contributed by atoms with Crippen LogP contribution in [0.2, 0.25) is 0 Å². The van der Waals surface area contributed by atoms with E-state index in [1.165, 1.54) is 59.4 Å². The highest BCUT2D eigenvalue weighted by molar-refractivity contribution is 7.94. The molecule has 2 aromatic carbocycles. The highest BCUT2D eigenvalue weighted by Gasteiger charge is 2.37. The number of anilines is 2. The Morgan fingerprint density at radius 2 is 1.47 bits per heavy atom. The summed E-state index contributed by atoms with van der Waals surface area (Å²) in [5, 5.41) is 0. The Morgan fingerprint density at radius 1 is 0.938 bits per heavy atom. The average Bonchev–Trinajstić information content (AvgIpc) is 2.98. The van der Waals surface area contributed by atoms with E-state index in [0.717, 1.165) is 4.31 Å². The summed E-state index contributed by atoms with van der Waals surface area (Å²) in [5.74, 6) is 0.0328. The summed E-state index contributed by atoms with van der Waals surface area (Å²) < 4.78 is 69.8. The molecule has 0 spiro atoms. The van der Waals surface area contributed by atoms with Gasteiger partial charge in [0.15, 0.2) is 11.5 Å². The van der Waals surface area contributed by atoms with E-state index < -0.39 is 26.0 Å². The van der Waals surface area contributed by atoms with Crippen LogP contribution in [0.1, 0.15) is 17.5 Å². The molecule has 0 aliphatic carbocycles. The first-order valence-corrected chi connectivity index (χ1v) is 12.5. The molecule has 0 bridgehead atoms. The summed E-state index contributed by atoms with van der Waals surface area (Å²) >= 11 is 0. The van der Waals surface area contributed by atoms with Crippen LogP contribution in [-0.4, -0.2) is 49.8 Å². The van der Waals surface area contributed by atoms with Crippen molar-refractivity contribution in [1.29, 1.82) is 0 Å². The Labute approximate surface area is 187 Å². The maximum atomic E-state index is 13.2. The van der Waals surface area contributed by atoms with Crippen LogP contribution in [0, 0.1) is 13.8 Å². The molecule has 12 heteroatoms. The van der Waals surface area contributed by atoms with Crippen LogP contribution in [0.25, 0.3) is 0 Å². The number of nitrogens with one attached hydrogen (secondary N) is 1. The number of hydrogen-bond donors (Lipinski definition) is 1. The molecule has 0 aromatic heterocycles. The topological polar surface area (TPSA) is 128 Å². The number of methoxy groups -OCH3 is 3. The lowest BCUT2D eigenvalue weighted by molar-refractivity contribution is -0.116. The Morgan fingerprint density at radius 3 is 1.88 bits per heavy atom. The molecule has 1 heterocycles. The number of carbonyl (C=O) groups excluding carboxylic acids is 1. The van der Waals surface area contributed by atoms with E-state index in [0.29, 0.717) is 5.75 Å². The molecule has 0 unspecified atom stereocenters. The minimum Gasteiger partial charge on any atom is -0.493 e. The molecule has 1 N–H and O–H groups in total. The zero-order valence-electron chi connectivity index (χ0n) is 18.3. The third kappa shape index (κ3) is 4.19. The molecule has 0 saturated carbocycles. The van der Waals surface area contributed by atoms with Gasteiger partial charge in [0.2, 0.25) is 21.7 Å². The molecule has 1 fully saturated rings. The van der Waals surface area contributed by atoms with E-state index in [1.807, 2.05) is 0 Å². The van der Waals surface area contributed by atoms with Crippen molar-refractivity contribution in [2.45, 2.75) is 25.2 Å². The lowest BCUT2D eigenvalue weighted by atomic mass is 10.1. The second-order valence-corrected chi connectivity index (χ2v) is 10.7. The van der Waals surface area contributed by atoms with Crippen molar-refractivity contribution in [3.8, 4) is 17.2 Å². The third-order valence-electron chi connectivity index (χ3n) is 4.94. The van der Waals surface area contributed by atoms with Gasteiger partial charge >= 0.3 is 0 Å². The molecule has 32 heavy (non-hydrogen) atoms. The first-order chi connectivity index (χ1) is 14.9. The fourth-order valence-corrected chi connectivity index (χ4v) is 6.62. The van der Waals surface area contributed by atoms with Gasteiger partial charge in [-0.15, -0.1) is 0 Å². The maximum Gasteiger partial charge on any atom is 0.262 e. The Kier molecular flexibility index (Phi) is 6.29. The van der Waals surface area contributed by atoms with Crippen LogP contribution in [-0.2, 0) is 24.8 Å². The smallest absolute Gasteiger partial charge is 0.262 e. The molecule has 1 saturated heterocycles. The molecular weight excluding hydrogens is 460 g/mol. The van der Waals surface area contributed by atoms with Gasteiger partial charge in [-0.3, -0.25) is 9.52 Å². The fraction of sp³-hybridized carbons (Fsp3) is 0.350. The van der Waals surface area contributed by atoms with Crippen molar-refractivity contribution in [3.05, 3.63) is 35.4 Å². The second-order valence-electron chi connectivity index (χ2n) is 7.15. The van der Waals surface area contributed by atoms with Gasteiger partial charge in [-0.25, -0.2) is 21.1 Å². The predicted octanol–water partition coefficient (Wildman–Crippen LogP) is 2.20. The van der Waals surface area contributed by atoms with Crippen LogP contribution < -0.4 is 23.2 Å². The fourth-order valence-electron chi connectivity index (χ4n) is 3.68. The van der Waals surface area contributed by atoms with Crippen molar-refractivity contribution in [2.75, 3.05) is 36.1 Å². The van der Waals surface area contributed by atoms with E-state index in [2.05, 4.69) is 4.72 Å². The molecule has 3 rings (SSSR count). The molecule has 1 amide bonds. The van der Waals surface area contributed by atoms with Gasteiger partial charge in [0, 0.05) is 18.6 Å². The monoisotopic (exact) mass is 484 g/mol. The molecule has 1 aliphatic heterocycles. The maximum absolute atomic E-state index is 13.2. The molecular formula is C20H24N2O8S2. The number of ether oxygens (including phenoxy) is 3. The van der Waals surface area contributed by atoms with Crippen molar-refractivity contribution >= 4 is 37.3 Å². The Hall–Kier alpha value is -2.99. The normalized spacial score (nSPS) is 15.5. The van der Waals surface area contributed by atoms with Crippen LogP contribution in [0.4, 0.5) is 11.4 Å². The summed E-state index contributed by atoms with van der Waals surface area (Å²) in [6.45, 7) is 3.07. The number of benzene rings is 2. The summed E-state index contributed by atoms with van der Waals surface area (Å²) in [6.07, 6.45) is -0.108. The molecule has 174 valence electrons. The van der Waals surface area contributed by atoms with Crippen molar-refractivity contribution in [1.82, 2.24) is 0 Å². The first-order valence-electron chi connectivity index (χ1n) is 9.45. The number of hydrogen-bond acceptors (Lipinski definition) is 8. The van der Waals surface area contributed by atoms with Gasteiger partial charge in [0.25, 0.3) is 10.0 Å². The van der Waals surface area contributed by atoms with Gasteiger partial charge in [0.1, 0.15) is 0 Å². The highest BCUT2D eigenvalue weighted by atomic mass is 32.2. The van der Waals surface area contributed by atoms with E-state index in [4.69, 9.17) is 14.2 Å². The van der Waals surface area contributed by atoms with Gasteiger partial charge < -0.3 is 14.2 Å². The van der Waals surface area contributed by atoms with Crippen molar-refractivity contribution < 1.29 is 35.8 Å². The van der Waals surface area contributed by atoms with Crippen LogP contribution in [0.5, 0.6) is 17.2 Å². The molecule has 10 nitrogen and oxygen atoms in total. The number of carbonyl (C=O) groups is 1. The van der Waals surface area contributed by atoms with Crippen molar-refractivity contribution in [3.63, 3.8) is 0 Å². The Bertz CT molecular complexity index is 1240. The van der Waals surface area contributed by atoms with E-state index in [-0.39, 0.29) is 51.1 Å². The summed E-state index contributed by atoms with van der Waals surface area (Å²) in [4.78, 5) is 12.1. The van der Waals surface area contributed by atoms with Crippen LogP contribution in [0.3, 0.4) is 0 Å². The minimum absolute atomic E-state index is 0.0287. The van der Waals surface area contributed by atoms with E-state index in [9.17, 15) is 21.6 Å². The number of aryl methyl sites for hydroxylation is 2. The molecule has 1 aliphatic rings. The largest absolute Gasteiger partial charge is 0.493 e. The van der Waals surface area contributed by atoms with Gasteiger partial charge in [-0.2, -0.15) is 0 Å². The first kappa shape index (κ1) is 23.7. The third-order valence-corrected chi connectivity index (χ3v) is 8.32. The summed E-state index contributed by atoms with van der Waals surface area (Å²) in [5.41, 5.74) is 0.874.